The summed E-state index contributed by atoms with van der Waals surface area (Å²) in [6.45, 7) is 2.33. The van der Waals surface area contributed by atoms with Gasteiger partial charge in [0.05, 0.1) is 13.8 Å². The lowest BCUT2D eigenvalue weighted by Crippen LogP contribution is -2.26. The molecule has 5 nitrogen and oxygen atoms in total. The van der Waals surface area contributed by atoms with Crippen LogP contribution in [0.4, 0.5) is 4.39 Å². The summed E-state index contributed by atoms with van der Waals surface area (Å²) in [6, 6.07) is 18.0. The maximum absolute atomic E-state index is 12.5. The molecule has 2 aliphatic rings. The topological polar surface area (TPSA) is 54.8 Å². The SMILES string of the molecule is C.COc1cc(C2=C(c3ccc(O[C@H]4CCN(CCCF)C4)cc3)c3ccc(O)cc3CCC2)ccn1. The van der Waals surface area contributed by atoms with E-state index < -0.39 is 0 Å². The highest BCUT2D eigenvalue weighted by molar-refractivity contribution is 6.00. The van der Waals surface area contributed by atoms with E-state index in [9.17, 15) is 9.50 Å². The van der Waals surface area contributed by atoms with Gasteiger partial charge in [-0.05, 0) is 95.8 Å². The number of methoxy groups -OCH3 is 1. The number of nitrogens with zero attached hydrogens (tertiary/aromatic N) is 2. The molecular weight excluding hydrogens is 467 g/mol. The second-order valence-electron chi connectivity index (χ2n) is 9.53. The second kappa shape index (κ2) is 12.2. The molecule has 6 heteroatoms. The van der Waals surface area contributed by atoms with E-state index >= 15 is 0 Å². The normalized spacial score (nSPS) is 17.6. The Morgan fingerprint density at radius 3 is 2.68 bits per heavy atom. The van der Waals surface area contributed by atoms with Crippen molar-refractivity contribution >= 4 is 11.1 Å². The van der Waals surface area contributed by atoms with Gasteiger partial charge in [-0.2, -0.15) is 0 Å². The number of hydrogen-bond donors (Lipinski definition) is 1. The molecule has 0 amide bonds. The Morgan fingerprint density at radius 2 is 1.89 bits per heavy atom. The fraction of sp³-hybridized carbons (Fsp3) is 0.387. The van der Waals surface area contributed by atoms with Crippen molar-refractivity contribution in [1.82, 2.24) is 9.88 Å². The average Bonchev–Trinajstić information content (AvgIpc) is 3.26. The molecule has 196 valence electrons. The van der Waals surface area contributed by atoms with Gasteiger partial charge < -0.3 is 14.6 Å². The number of halogens is 1. The third-order valence-corrected chi connectivity index (χ3v) is 7.11. The Hall–Kier alpha value is -3.38. The van der Waals surface area contributed by atoms with Crippen molar-refractivity contribution in [3.05, 3.63) is 83.0 Å². The summed E-state index contributed by atoms with van der Waals surface area (Å²) in [5.41, 5.74) is 6.91. The molecule has 3 aromatic rings. The maximum atomic E-state index is 12.5. The van der Waals surface area contributed by atoms with Crippen LogP contribution < -0.4 is 9.47 Å². The summed E-state index contributed by atoms with van der Waals surface area (Å²) < 4.78 is 24.2. The van der Waals surface area contributed by atoms with E-state index in [0.29, 0.717) is 18.1 Å². The van der Waals surface area contributed by atoms with Crippen LogP contribution in [-0.2, 0) is 6.42 Å². The molecule has 0 bridgehead atoms. The van der Waals surface area contributed by atoms with Crippen LogP contribution in [0.5, 0.6) is 17.4 Å². The van der Waals surface area contributed by atoms with E-state index in [0.717, 1.165) is 73.3 Å². The summed E-state index contributed by atoms with van der Waals surface area (Å²) in [6.07, 6.45) is 6.27. The van der Waals surface area contributed by atoms with Crippen LogP contribution in [0, 0.1) is 0 Å². The number of hydrogen-bond acceptors (Lipinski definition) is 5. The van der Waals surface area contributed by atoms with Gasteiger partial charge in [0, 0.05) is 31.9 Å². The molecule has 0 unspecified atom stereocenters. The summed E-state index contributed by atoms with van der Waals surface area (Å²) >= 11 is 0. The summed E-state index contributed by atoms with van der Waals surface area (Å²) in [7, 11) is 1.63. The molecule has 2 aromatic carbocycles. The minimum absolute atomic E-state index is 0. The first-order valence-corrected chi connectivity index (χ1v) is 12.8. The van der Waals surface area contributed by atoms with Gasteiger partial charge in [-0.1, -0.05) is 25.6 Å². The van der Waals surface area contributed by atoms with E-state index in [-0.39, 0.29) is 20.2 Å². The van der Waals surface area contributed by atoms with Gasteiger partial charge in [-0.3, -0.25) is 9.29 Å². The predicted octanol–water partition coefficient (Wildman–Crippen LogP) is 6.54. The number of aryl methyl sites for hydroxylation is 1. The number of phenolic OH excluding ortho intramolecular Hbond substituents is 1. The second-order valence-corrected chi connectivity index (χ2v) is 9.53. The van der Waals surface area contributed by atoms with Crippen LogP contribution in [0.2, 0.25) is 0 Å². The first kappa shape index (κ1) is 26.7. The zero-order valence-electron chi connectivity index (χ0n) is 20.8. The molecule has 0 radical (unpaired) electrons. The van der Waals surface area contributed by atoms with Gasteiger partial charge in [-0.25, -0.2) is 4.98 Å². The van der Waals surface area contributed by atoms with Crippen molar-refractivity contribution in [2.24, 2.45) is 0 Å². The Balaban J connectivity index is 0.00000320. The van der Waals surface area contributed by atoms with Crippen molar-refractivity contribution in [1.29, 1.82) is 0 Å². The molecular formula is C31H37FN2O3. The fourth-order valence-electron chi connectivity index (χ4n) is 5.37. The molecule has 2 heterocycles. The number of aromatic hydroxyl groups is 1. The van der Waals surface area contributed by atoms with Gasteiger partial charge in [0.1, 0.15) is 17.6 Å². The monoisotopic (exact) mass is 504 g/mol. The zero-order valence-corrected chi connectivity index (χ0v) is 20.8. The van der Waals surface area contributed by atoms with E-state index in [2.05, 4.69) is 22.0 Å². The summed E-state index contributed by atoms with van der Waals surface area (Å²) in [5, 5.41) is 10.1. The Morgan fingerprint density at radius 1 is 1.05 bits per heavy atom. The quantitative estimate of drug-likeness (QED) is 0.378. The lowest BCUT2D eigenvalue weighted by molar-refractivity contribution is 0.198. The number of rotatable bonds is 8. The molecule has 1 saturated heterocycles. The minimum Gasteiger partial charge on any atom is -0.508 e. The van der Waals surface area contributed by atoms with E-state index in [1.807, 2.05) is 36.4 Å². The van der Waals surface area contributed by atoms with Crippen molar-refractivity contribution in [2.45, 2.75) is 45.6 Å². The number of alkyl halides is 1. The van der Waals surface area contributed by atoms with Crippen LogP contribution in [-0.4, -0.2) is 54.5 Å². The van der Waals surface area contributed by atoms with Crippen molar-refractivity contribution < 1.29 is 19.0 Å². The summed E-state index contributed by atoms with van der Waals surface area (Å²) in [4.78, 5) is 6.57. The van der Waals surface area contributed by atoms with Gasteiger partial charge in [0.2, 0.25) is 5.88 Å². The lowest BCUT2D eigenvalue weighted by atomic mass is 9.88. The standard InChI is InChI=1S/C30H33FN2O3.CH4/c1-35-29-19-23(12-15-32-29)27-5-2-4-22-18-24(34)8-11-28(22)30(27)21-6-9-25(10-7-21)36-26-13-17-33(20-26)16-3-14-31;/h6-12,15,18-19,26,34H,2-5,13-14,16-17,20H2,1H3;1H4/t26-;/m0./s1. The number of allylic oxidation sites excluding steroid dienone is 1. The minimum atomic E-state index is -0.268. The van der Waals surface area contributed by atoms with Gasteiger partial charge in [0.15, 0.2) is 0 Å². The number of benzene rings is 2. The average molecular weight is 505 g/mol. The fourth-order valence-corrected chi connectivity index (χ4v) is 5.37. The largest absolute Gasteiger partial charge is 0.508 e. The van der Waals surface area contributed by atoms with Crippen molar-refractivity contribution in [3.8, 4) is 17.4 Å². The molecule has 0 spiro atoms. The van der Waals surface area contributed by atoms with Gasteiger partial charge in [-0.15, -0.1) is 0 Å². The maximum Gasteiger partial charge on any atom is 0.213 e. The highest BCUT2D eigenvalue weighted by Crippen LogP contribution is 2.41. The number of likely N-dealkylation sites (tertiary alicyclic amines) is 1. The zero-order chi connectivity index (χ0) is 24.9. The third kappa shape index (κ3) is 6.13. The Labute approximate surface area is 219 Å². The van der Waals surface area contributed by atoms with E-state index in [1.165, 1.54) is 11.1 Å². The number of fused-ring (bicyclic) bond motifs is 1. The molecule has 1 atom stereocenters. The summed E-state index contributed by atoms with van der Waals surface area (Å²) in [5.74, 6) is 1.74. The number of pyridine rings is 1. The number of aromatic nitrogens is 1. The highest BCUT2D eigenvalue weighted by atomic mass is 19.1. The van der Waals surface area contributed by atoms with Crippen molar-refractivity contribution in [2.75, 3.05) is 33.4 Å². The highest BCUT2D eigenvalue weighted by Gasteiger charge is 2.24. The first-order valence-electron chi connectivity index (χ1n) is 12.8. The van der Waals surface area contributed by atoms with Crippen LogP contribution in [0.25, 0.3) is 11.1 Å². The van der Waals surface area contributed by atoms with Gasteiger partial charge >= 0.3 is 0 Å². The van der Waals surface area contributed by atoms with Crippen LogP contribution in [0.1, 0.15) is 55.4 Å². The molecule has 1 aliphatic carbocycles. The molecule has 1 fully saturated rings. The van der Waals surface area contributed by atoms with E-state index in [1.54, 1.807) is 19.4 Å². The Bertz CT molecular complexity index is 1230. The number of ether oxygens (including phenoxy) is 2. The molecule has 5 rings (SSSR count). The molecule has 37 heavy (non-hydrogen) atoms. The van der Waals surface area contributed by atoms with Crippen LogP contribution in [0.3, 0.4) is 0 Å². The molecule has 1 N–H and O–H groups in total. The lowest BCUT2D eigenvalue weighted by Gasteiger charge is -2.19. The predicted molar refractivity (Wildman–Crippen MR) is 147 cm³/mol. The van der Waals surface area contributed by atoms with Crippen molar-refractivity contribution in [3.63, 3.8) is 0 Å². The molecule has 1 aliphatic heterocycles. The van der Waals surface area contributed by atoms with Crippen LogP contribution >= 0.6 is 0 Å². The molecule has 1 aromatic heterocycles. The van der Waals surface area contributed by atoms with Crippen LogP contribution in [0.15, 0.2) is 60.8 Å². The van der Waals surface area contributed by atoms with Gasteiger partial charge in [0.25, 0.3) is 0 Å². The number of phenols is 1. The smallest absolute Gasteiger partial charge is 0.213 e. The molecule has 0 saturated carbocycles. The third-order valence-electron chi connectivity index (χ3n) is 7.11. The Kier molecular flexibility index (Phi) is 8.82. The van der Waals surface area contributed by atoms with E-state index in [4.69, 9.17) is 9.47 Å². The first-order chi connectivity index (χ1) is 17.6.